The Kier molecular flexibility index (Phi) is 4.35. The number of hydrogen-bond donors (Lipinski definition) is 1. The van der Waals surface area contributed by atoms with Gasteiger partial charge in [-0.25, -0.2) is 9.78 Å². The molecule has 0 aliphatic carbocycles. The molecule has 0 unspecified atom stereocenters. The summed E-state index contributed by atoms with van der Waals surface area (Å²) in [6.45, 7) is 2.06. The summed E-state index contributed by atoms with van der Waals surface area (Å²) in [5.74, 6) is -0.961. The van der Waals surface area contributed by atoms with Crippen molar-refractivity contribution in [2.24, 2.45) is 0 Å². The van der Waals surface area contributed by atoms with Gasteiger partial charge in [0.05, 0.1) is 16.8 Å². The normalized spacial score (nSPS) is 11.0. The van der Waals surface area contributed by atoms with Crippen LogP contribution in [0.1, 0.15) is 23.9 Å². The zero-order valence-electron chi connectivity index (χ0n) is 10.4. The third-order valence-electron chi connectivity index (χ3n) is 2.37. The van der Waals surface area contributed by atoms with Gasteiger partial charge < -0.3 is 5.11 Å². The monoisotopic (exact) mass is 275 g/mol. The highest BCUT2D eigenvalue weighted by Gasteiger charge is 2.11. The average molecular weight is 275 g/mol. The molecule has 0 aliphatic rings. The molecule has 2 aromatic heterocycles. The van der Waals surface area contributed by atoms with E-state index >= 15 is 0 Å². The quantitative estimate of drug-likeness (QED) is 0.849. The second-order valence-corrected chi connectivity index (χ2v) is 4.87. The summed E-state index contributed by atoms with van der Waals surface area (Å²) >= 11 is 1.43. The van der Waals surface area contributed by atoms with Crippen LogP contribution in [0.2, 0.25) is 0 Å². The highest BCUT2D eigenvalue weighted by atomic mass is 32.1. The Morgan fingerprint density at radius 3 is 2.95 bits per heavy atom. The molecule has 2 aromatic rings. The lowest BCUT2D eigenvalue weighted by atomic mass is 10.2. The molecule has 5 nitrogen and oxygen atoms in total. The molecule has 0 aromatic carbocycles. The number of aliphatic carboxylic acids is 1. The smallest absolute Gasteiger partial charge is 0.328 e. The lowest BCUT2D eigenvalue weighted by molar-refractivity contribution is -0.131. The molecular weight excluding hydrogens is 262 g/mol. The van der Waals surface area contributed by atoms with Crippen molar-refractivity contribution in [3.8, 4) is 10.7 Å². The summed E-state index contributed by atoms with van der Waals surface area (Å²) in [7, 11) is 0. The standard InChI is InChI=1S/C13H13N3O2S/c1-2-3-9-11(4-5-12(17)18)19-13(16-9)10-8-14-6-7-15-10/h4-8H,2-3H2,1H3,(H,17,18)/b5-4+. The summed E-state index contributed by atoms with van der Waals surface area (Å²) in [4.78, 5) is 24.2. The first-order valence-electron chi connectivity index (χ1n) is 5.87. The molecule has 0 atom stereocenters. The maximum absolute atomic E-state index is 10.6. The molecule has 19 heavy (non-hydrogen) atoms. The van der Waals surface area contributed by atoms with Gasteiger partial charge >= 0.3 is 5.97 Å². The van der Waals surface area contributed by atoms with Gasteiger partial charge in [0.1, 0.15) is 10.7 Å². The molecule has 2 heterocycles. The summed E-state index contributed by atoms with van der Waals surface area (Å²) in [6.07, 6.45) is 9.36. The van der Waals surface area contributed by atoms with Crippen molar-refractivity contribution in [3.05, 3.63) is 35.2 Å². The van der Waals surface area contributed by atoms with E-state index in [0.29, 0.717) is 5.69 Å². The number of nitrogens with zero attached hydrogens (tertiary/aromatic N) is 3. The summed E-state index contributed by atoms with van der Waals surface area (Å²) in [6, 6.07) is 0. The van der Waals surface area contributed by atoms with Crippen molar-refractivity contribution in [1.29, 1.82) is 0 Å². The first-order chi connectivity index (χ1) is 9.20. The van der Waals surface area contributed by atoms with Crippen LogP contribution >= 0.6 is 11.3 Å². The minimum Gasteiger partial charge on any atom is -0.478 e. The predicted octanol–water partition coefficient (Wildman–Crippen LogP) is 2.65. The third-order valence-corrected chi connectivity index (χ3v) is 3.46. The van der Waals surface area contributed by atoms with Gasteiger partial charge in [0.25, 0.3) is 0 Å². The lowest BCUT2D eigenvalue weighted by Gasteiger charge is -1.93. The molecular formula is C13H13N3O2S. The number of carboxylic acid groups (broad SMARTS) is 1. The van der Waals surface area contributed by atoms with Crippen LogP contribution in [0.5, 0.6) is 0 Å². The Hall–Kier alpha value is -2.08. The van der Waals surface area contributed by atoms with Gasteiger partial charge in [-0.3, -0.25) is 9.97 Å². The van der Waals surface area contributed by atoms with E-state index in [4.69, 9.17) is 5.11 Å². The molecule has 0 amide bonds. The van der Waals surface area contributed by atoms with Gasteiger partial charge in [0.15, 0.2) is 0 Å². The van der Waals surface area contributed by atoms with Crippen LogP contribution in [0.3, 0.4) is 0 Å². The number of aromatic nitrogens is 3. The maximum atomic E-state index is 10.6. The van der Waals surface area contributed by atoms with E-state index in [1.165, 1.54) is 11.3 Å². The van der Waals surface area contributed by atoms with Crippen LogP contribution in [0, 0.1) is 0 Å². The fraction of sp³-hybridized carbons (Fsp3) is 0.231. The molecule has 0 fully saturated rings. The van der Waals surface area contributed by atoms with Crippen LogP contribution in [0.4, 0.5) is 0 Å². The Balaban J connectivity index is 2.37. The third kappa shape index (κ3) is 3.45. The first-order valence-corrected chi connectivity index (χ1v) is 6.69. The Labute approximate surface area is 114 Å². The van der Waals surface area contributed by atoms with E-state index in [-0.39, 0.29) is 0 Å². The molecule has 0 aliphatic heterocycles. The summed E-state index contributed by atoms with van der Waals surface area (Å²) in [5, 5.41) is 9.46. The van der Waals surface area contributed by atoms with Crippen molar-refractivity contribution >= 4 is 23.4 Å². The van der Waals surface area contributed by atoms with Gasteiger partial charge in [0.2, 0.25) is 0 Å². The van der Waals surface area contributed by atoms with Gasteiger partial charge in [-0.1, -0.05) is 13.3 Å². The second-order valence-electron chi connectivity index (χ2n) is 3.84. The topological polar surface area (TPSA) is 76.0 Å². The van der Waals surface area contributed by atoms with Crippen molar-refractivity contribution in [1.82, 2.24) is 15.0 Å². The Morgan fingerprint density at radius 2 is 2.32 bits per heavy atom. The molecule has 6 heteroatoms. The molecule has 0 saturated heterocycles. The highest BCUT2D eigenvalue weighted by molar-refractivity contribution is 7.16. The van der Waals surface area contributed by atoms with E-state index in [2.05, 4.69) is 21.9 Å². The molecule has 0 bridgehead atoms. The summed E-state index contributed by atoms with van der Waals surface area (Å²) in [5.41, 5.74) is 1.62. The lowest BCUT2D eigenvalue weighted by Crippen LogP contribution is -1.89. The van der Waals surface area contributed by atoms with E-state index in [0.717, 1.165) is 34.5 Å². The van der Waals surface area contributed by atoms with Crippen molar-refractivity contribution in [2.75, 3.05) is 0 Å². The Bertz CT molecular complexity index is 593. The largest absolute Gasteiger partial charge is 0.478 e. The number of rotatable bonds is 5. The fourth-order valence-corrected chi connectivity index (χ4v) is 2.55. The average Bonchev–Trinajstić information content (AvgIpc) is 2.81. The van der Waals surface area contributed by atoms with Crippen LogP contribution < -0.4 is 0 Å². The van der Waals surface area contributed by atoms with Gasteiger partial charge in [-0.05, 0) is 12.5 Å². The van der Waals surface area contributed by atoms with E-state index in [1.54, 1.807) is 24.7 Å². The fourth-order valence-electron chi connectivity index (χ4n) is 1.58. The first kappa shape index (κ1) is 13.4. The van der Waals surface area contributed by atoms with Gasteiger partial charge in [0, 0.05) is 18.5 Å². The van der Waals surface area contributed by atoms with E-state index in [1.807, 2.05) is 0 Å². The summed E-state index contributed by atoms with van der Waals surface area (Å²) < 4.78 is 0. The number of aryl methyl sites for hydroxylation is 1. The molecule has 0 saturated carbocycles. The zero-order valence-corrected chi connectivity index (χ0v) is 11.2. The number of hydrogen-bond acceptors (Lipinski definition) is 5. The Morgan fingerprint density at radius 1 is 1.47 bits per heavy atom. The van der Waals surface area contributed by atoms with Crippen LogP contribution in [-0.2, 0) is 11.2 Å². The number of carboxylic acids is 1. The number of thiazole rings is 1. The highest BCUT2D eigenvalue weighted by Crippen LogP contribution is 2.28. The van der Waals surface area contributed by atoms with Gasteiger partial charge in [-0.2, -0.15) is 0 Å². The molecule has 0 radical (unpaired) electrons. The predicted molar refractivity (Wildman–Crippen MR) is 73.8 cm³/mol. The van der Waals surface area contributed by atoms with Crippen LogP contribution in [0.15, 0.2) is 24.7 Å². The molecule has 2 rings (SSSR count). The number of carbonyl (C=O) groups is 1. The maximum Gasteiger partial charge on any atom is 0.328 e. The second kappa shape index (κ2) is 6.19. The minimum absolute atomic E-state index is 0.708. The molecule has 0 spiro atoms. The van der Waals surface area contributed by atoms with E-state index in [9.17, 15) is 4.79 Å². The van der Waals surface area contributed by atoms with Crippen LogP contribution in [0.25, 0.3) is 16.8 Å². The molecule has 1 N–H and O–H groups in total. The SMILES string of the molecule is CCCc1nc(-c2cnccn2)sc1/C=C/C(=O)O. The molecule has 98 valence electrons. The van der Waals surface area contributed by atoms with E-state index < -0.39 is 5.97 Å². The van der Waals surface area contributed by atoms with Crippen LogP contribution in [-0.4, -0.2) is 26.0 Å². The van der Waals surface area contributed by atoms with Crippen molar-refractivity contribution in [3.63, 3.8) is 0 Å². The van der Waals surface area contributed by atoms with Gasteiger partial charge in [-0.15, -0.1) is 11.3 Å². The van der Waals surface area contributed by atoms with Crippen molar-refractivity contribution < 1.29 is 9.90 Å². The zero-order chi connectivity index (χ0) is 13.7. The van der Waals surface area contributed by atoms with Crippen molar-refractivity contribution in [2.45, 2.75) is 19.8 Å². The minimum atomic E-state index is -0.961.